The molecule has 116 valence electrons. The maximum absolute atomic E-state index is 13.6. The minimum atomic E-state index is -0.887. The highest BCUT2D eigenvalue weighted by molar-refractivity contribution is 9.10. The molecule has 0 saturated heterocycles. The van der Waals surface area contributed by atoms with Crippen LogP contribution >= 0.6 is 43.5 Å². The van der Waals surface area contributed by atoms with Crippen LogP contribution in [0.5, 0.6) is 5.75 Å². The summed E-state index contributed by atoms with van der Waals surface area (Å²) in [6.07, 6.45) is 0. The predicted molar refractivity (Wildman–Crippen MR) is 87.3 cm³/mol. The monoisotopic (exact) mass is 453 g/mol. The lowest BCUT2D eigenvalue weighted by molar-refractivity contribution is -0.118. The molecule has 0 heterocycles. The van der Waals surface area contributed by atoms with E-state index in [4.69, 9.17) is 16.3 Å². The molecule has 0 aliphatic carbocycles. The third-order valence-corrected chi connectivity index (χ3v) is 3.94. The zero-order valence-corrected chi connectivity index (χ0v) is 14.7. The van der Waals surface area contributed by atoms with Crippen molar-refractivity contribution in [1.29, 1.82) is 0 Å². The summed E-state index contributed by atoms with van der Waals surface area (Å²) in [5.41, 5.74) is -0.156. The van der Waals surface area contributed by atoms with E-state index >= 15 is 0 Å². The van der Waals surface area contributed by atoms with Crippen molar-refractivity contribution in [2.75, 3.05) is 11.9 Å². The van der Waals surface area contributed by atoms with Crippen molar-refractivity contribution < 1.29 is 18.3 Å². The summed E-state index contributed by atoms with van der Waals surface area (Å²) in [5, 5.41) is 2.63. The average Bonchev–Trinajstić information content (AvgIpc) is 2.42. The minimum absolute atomic E-state index is 0.0972. The number of amides is 1. The molecule has 0 aromatic heterocycles. The summed E-state index contributed by atoms with van der Waals surface area (Å²) in [7, 11) is 0. The molecular formula is C14H8Br2ClF2NO2. The molecule has 0 fully saturated rings. The van der Waals surface area contributed by atoms with E-state index in [0.29, 0.717) is 16.8 Å². The number of hydrogen-bond acceptors (Lipinski definition) is 2. The second kappa shape index (κ2) is 7.39. The van der Waals surface area contributed by atoms with Crippen molar-refractivity contribution in [3.63, 3.8) is 0 Å². The van der Waals surface area contributed by atoms with E-state index in [1.807, 2.05) is 0 Å². The molecule has 0 aliphatic heterocycles. The average molecular weight is 455 g/mol. The van der Waals surface area contributed by atoms with E-state index in [0.717, 1.165) is 10.5 Å². The largest absolute Gasteiger partial charge is 0.482 e. The van der Waals surface area contributed by atoms with Crippen LogP contribution in [0.3, 0.4) is 0 Å². The van der Waals surface area contributed by atoms with Gasteiger partial charge >= 0.3 is 0 Å². The van der Waals surface area contributed by atoms with E-state index < -0.39 is 17.5 Å². The van der Waals surface area contributed by atoms with Crippen LogP contribution in [0.4, 0.5) is 14.5 Å². The second-order valence-electron chi connectivity index (χ2n) is 4.16. The Bertz CT molecular complexity index is 705. The number of ether oxygens (including phenoxy) is 1. The van der Waals surface area contributed by atoms with Gasteiger partial charge in [-0.1, -0.05) is 27.5 Å². The molecule has 22 heavy (non-hydrogen) atoms. The van der Waals surface area contributed by atoms with Crippen LogP contribution in [0, 0.1) is 11.6 Å². The summed E-state index contributed by atoms with van der Waals surface area (Å²) in [5.74, 6) is -1.92. The quantitative estimate of drug-likeness (QED) is 0.692. The molecule has 3 nitrogen and oxygen atoms in total. The number of carbonyl (C=O) groups is 1. The molecule has 2 rings (SSSR count). The van der Waals surface area contributed by atoms with E-state index in [-0.39, 0.29) is 16.8 Å². The van der Waals surface area contributed by atoms with Gasteiger partial charge in [0, 0.05) is 15.0 Å². The summed E-state index contributed by atoms with van der Waals surface area (Å²) in [6, 6.07) is 6.63. The SMILES string of the molecule is O=C(COc1ccc(Br)cc1Cl)Nc1c(F)cc(F)cc1Br. The smallest absolute Gasteiger partial charge is 0.262 e. The fourth-order valence-electron chi connectivity index (χ4n) is 1.57. The Balaban J connectivity index is 2.02. The molecule has 1 amide bonds. The highest BCUT2D eigenvalue weighted by Crippen LogP contribution is 2.28. The van der Waals surface area contributed by atoms with Gasteiger partial charge in [0.15, 0.2) is 12.4 Å². The van der Waals surface area contributed by atoms with Crippen molar-refractivity contribution in [3.05, 3.63) is 55.9 Å². The number of nitrogens with one attached hydrogen (secondary N) is 1. The molecule has 0 saturated carbocycles. The van der Waals surface area contributed by atoms with E-state index in [9.17, 15) is 13.6 Å². The summed E-state index contributed by atoms with van der Waals surface area (Å²) in [6.45, 7) is -0.370. The normalized spacial score (nSPS) is 10.4. The molecule has 0 unspecified atom stereocenters. The van der Waals surface area contributed by atoms with Gasteiger partial charge in [-0.05, 0) is 40.2 Å². The van der Waals surface area contributed by atoms with Gasteiger partial charge in [-0.15, -0.1) is 0 Å². The van der Waals surface area contributed by atoms with Crippen molar-refractivity contribution in [3.8, 4) is 5.75 Å². The highest BCUT2D eigenvalue weighted by atomic mass is 79.9. The molecule has 1 N–H and O–H groups in total. The van der Waals surface area contributed by atoms with Crippen molar-refractivity contribution in [1.82, 2.24) is 0 Å². The van der Waals surface area contributed by atoms with Gasteiger partial charge in [0.25, 0.3) is 5.91 Å². The lowest BCUT2D eigenvalue weighted by Crippen LogP contribution is -2.21. The maximum Gasteiger partial charge on any atom is 0.262 e. The van der Waals surface area contributed by atoms with Crippen LogP contribution in [0.15, 0.2) is 39.3 Å². The number of benzene rings is 2. The van der Waals surface area contributed by atoms with Crippen LogP contribution < -0.4 is 10.1 Å². The summed E-state index contributed by atoms with van der Waals surface area (Å²) in [4.78, 5) is 11.8. The Hall–Kier alpha value is -1.18. The Morgan fingerprint density at radius 2 is 1.95 bits per heavy atom. The molecular weight excluding hydrogens is 447 g/mol. The number of anilines is 1. The van der Waals surface area contributed by atoms with E-state index in [1.54, 1.807) is 18.2 Å². The van der Waals surface area contributed by atoms with Gasteiger partial charge in [0.2, 0.25) is 0 Å². The highest BCUT2D eigenvalue weighted by Gasteiger charge is 2.13. The first-order chi connectivity index (χ1) is 10.4. The van der Waals surface area contributed by atoms with Gasteiger partial charge < -0.3 is 10.1 Å². The van der Waals surface area contributed by atoms with E-state index in [2.05, 4.69) is 37.2 Å². The minimum Gasteiger partial charge on any atom is -0.482 e. The van der Waals surface area contributed by atoms with Crippen LogP contribution in [-0.4, -0.2) is 12.5 Å². The Kier molecular flexibility index (Phi) is 5.77. The van der Waals surface area contributed by atoms with Crippen LogP contribution in [-0.2, 0) is 4.79 Å². The first-order valence-electron chi connectivity index (χ1n) is 5.89. The van der Waals surface area contributed by atoms with Gasteiger partial charge in [-0.3, -0.25) is 4.79 Å². The predicted octanol–water partition coefficient (Wildman–Crippen LogP) is 5.16. The van der Waals surface area contributed by atoms with Crippen molar-refractivity contribution in [2.24, 2.45) is 0 Å². The second-order valence-corrected chi connectivity index (χ2v) is 6.33. The lowest BCUT2D eigenvalue weighted by Gasteiger charge is -2.11. The fraction of sp³-hybridized carbons (Fsp3) is 0.0714. The number of rotatable bonds is 4. The van der Waals surface area contributed by atoms with Gasteiger partial charge in [-0.2, -0.15) is 0 Å². The number of carbonyl (C=O) groups excluding carboxylic acids is 1. The fourth-order valence-corrected chi connectivity index (χ4v) is 2.81. The van der Waals surface area contributed by atoms with Gasteiger partial charge in [0.05, 0.1) is 10.7 Å². The Labute approximate surface area is 146 Å². The third kappa shape index (κ3) is 4.41. The zero-order valence-electron chi connectivity index (χ0n) is 10.8. The third-order valence-electron chi connectivity index (χ3n) is 2.52. The number of hydrogen-bond donors (Lipinski definition) is 1. The van der Waals surface area contributed by atoms with Crippen LogP contribution in [0.25, 0.3) is 0 Å². The molecule has 0 aliphatic rings. The molecule has 0 atom stereocenters. The Morgan fingerprint density at radius 1 is 1.23 bits per heavy atom. The Morgan fingerprint density at radius 3 is 2.59 bits per heavy atom. The molecule has 2 aromatic rings. The molecule has 0 radical (unpaired) electrons. The molecule has 2 aromatic carbocycles. The standard InChI is InChI=1S/C14H8Br2ClF2NO2/c15-7-1-2-12(10(17)3-7)22-6-13(21)20-14-9(16)4-8(18)5-11(14)19/h1-5H,6H2,(H,20,21). The topological polar surface area (TPSA) is 38.3 Å². The first kappa shape index (κ1) is 17.2. The van der Waals surface area contributed by atoms with Gasteiger partial charge in [0.1, 0.15) is 11.6 Å². The lowest BCUT2D eigenvalue weighted by atomic mass is 10.3. The molecule has 0 bridgehead atoms. The van der Waals surface area contributed by atoms with Crippen molar-refractivity contribution >= 4 is 55.1 Å². The molecule has 0 spiro atoms. The van der Waals surface area contributed by atoms with Crippen LogP contribution in [0.1, 0.15) is 0 Å². The maximum atomic E-state index is 13.6. The first-order valence-corrected chi connectivity index (χ1v) is 7.85. The van der Waals surface area contributed by atoms with Crippen LogP contribution in [0.2, 0.25) is 5.02 Å². The van der Waals surface area contributed by atoms with Gasteiger partial charge in [-0.25, -0.2) is 8.78 Å². The zero-order chi connectivity index (χ0) is 16.3. The van der Waals surface area contributed by atoms with Crippen molar-refractivity contribution in [2.45, 2.75) is 0 Å². The van der Waals surface area contributed by atoms with E-state index in [1.165, 1.54) is 0 Å². The number of halogens is 5. The summed E-state index contributed by atoms with van der Waals surface area (Å²) >= 11 is 12.2. The summed E-state index contributed by atoms with van der Waals surface area (Å²) < 4.78 is 32.7. The molecule has 8 heteroatoms.